The van der Waals surface area contributed by atoms with Crippen LogP contribution < -0.4 is 0 Å². The first kappa shape index (κ1) is 19.6. The fourth-order valence-corrected chi connectivity index (χ4v) is 10.0. The van der Waals surface area contributed by atoms with Crippen molar-refractivity contribution in [2.75, 3.05) is 0 Å². The summed E-state index contributed by atoms with van der Waals surface area (Å²) >= 11 is 0. The maximum atomic E-state index is 13.4. The first-order valence-electron chi connectivity index (χ1n) is 12.8. The molecule has 0 N–H and O–H groups in total. The van der Waals surface area contributed by atoms with E-state index in [2.05, 4.69) is 34.6 Å². The lowest BCUT2D eigenvalue weighted by atomic mass is 9.45. The molecule has 28 heavy (non-hydrogen) atoms. The van der Waals surface area contributed by atoms with Crippen molar-refractivity contribution < 1.29 is 4.79 Å². The van der Waals surface area contributed by atoms with Gasteiger partial charge in [0.1, 0.15) is 5.78 Å². The van der Waals surface area contributed by atoms with Crippen molar-refractivity contribution in [2.24, 2.45) is 57.7 Å². The highest BCUT2D eigenvalue weighted by molar-refractivity contribution is 5.91. The van der Waals surface area contributed by atoms with Gasteiger partial charge in [-0.05, 0) is 97.2 Å². The lowest BCUT2D eigenvalue weighted by Crippen LogP contribution is -2.55. The van der Waals surface area contributed by atoms with Gasteiger partial charge in [0.2, 0.25) is 0 Å². The molecule has 0 aromatic rings. The molecule has 0 amide bonds. The van der Waals surface area contributed by atoms with Gasteiger partial charge < -0.3 is 0 Å². The molecule has 0 radical (unpaired) electrons. The Bertz CT molecular complexity index is 651. The number of carbonyl (C=O) groups excluding carboxylic acids is 1. The molecule has 5 aliphatic rings. The Labute approximate surface area is 173 Å². The van der Waals surface area contributed by atoms with E-state index in [-0.39, 0.29) is 5.41 Å². The fraction of sp³-hybridized carbons (Fsp3) is 0.963. The third kappa shape index (κ3) is 2.40. The van der Waals surface area contributed by atoms with Crippen molar-refractivity contribution in [2.45, 2.75) is 105 Å². The van der Waals surface area contributed by atoms with E-state index in [1.165, 1.54) is 64.2 Å². The summed E-state index contributed by atoms with van der Waals surface area (Å²) in [5, 5.41) is 0. The van der Waals surface area contributed by atoms with Gasteiger partial charge in [-0.15, -0.1) is 0 Å². The zero-order valence-corrected chi connectivity index (χ0v) is 19.2. The van der Waals surface area contributed by atoms with E-state index >= 15 is 0 Å². The van der Waals surface area contributed by atoms with Gasteiger partial charge in [0.15, 0.2) is 0 Å². The summed E-state index contributed by atoms with van der Waals surface area (Å²) in [7, 11) is 0. The molecule has 5 saturated carbocycles. The van der Waals surface area contributed by atoms with Crippen LogP contribution in [0.4, 0.5) is 0 Å². The topological polar surface area (TPSA) is 17.1 Å². The second-order valence-electron chi connectivity index (χ2n) is 12.9. The van der Waals surface area contributed by atoms with Crippen LogP contribution in [0.15, 0.2) is 0 Å². The fourth-order valence-electron chi connectivity index (χ4n) is 10.0. The number of ketones is 1. The van der Waals surface area contributed by atoms with E-state index in [1.54, 1.807) is 0 Å². The number of hydrogen-bond acceptors (Lipinski definition) is 1. The van der Waals surface area contributed by atoms with E-state index in [0.29, 0.717) is 22.5 Å². The number of rotatable bonds is 5. The highest BCUT2D eigenvalue weighted by atomic mass is 16.1. The molecule has 1 spiro atoms. The molecule has 1 nitrogen and oxygen atoms in total. The molecule has 0 heterocycles. The molecule has 5 fully saturated rings. The number of Topliss-reactive ketones (excluding diaryl/α,β-unsaturated/α-hetero) is 1. The number of carbonyl (C=O) groups is 1. The summed E-state index contributed by atoms with van der Waals surface area (Å²) in [6.07, 6.45) is 14.8. The molecule has 158 valence electrons. The summed E-state index contributed by atoms with van der Waals surface area (Å²) in [6.45, 7) is 12.5. The molecule has 9 atom stereocenters. The van der Waals surface area contributed by atoms with Gasteiger partial charge in [-0.1, -0.05) is 53.9 Å². The monoisotopic (exact) mass is 384 g/mol. The SMILES string of the molecule is CC(C)CCC[C@H](C)[C@H]1CC[C@H]2[C@@H]3CC(=O)[C@@]45C[C@H]4CC[C@]5(C)[C@H]3CC[C@]12C. The molecule has 0 bridgehead atoms. The lowest BCUT2D eigenvalue weighted by Gasteiger charge is -2.58. The second kappa shape index (κ2) is 6.34. The normalized spacial score (nSPS) is 52.8. The average molecular weight is 385 g/mol. The lowest BCUT2D eigenvalue weighted by molar-refractivity contribution is -0.151. The van der Waals surface area contributed by atoms with Gasteiger partial charge in [0, 0.05) is 11.8 Å². The van der Waals surface area contributed by atoms with E-state index in [0.717, 1.165) is 41.9 Å². The van der Waals surface area contributed by atoms with Crippen molar-refractivity contribution >= 4 is 5.78 Å². The summed E-state index contributed by atoms with van der Waals surface area (Å²) in [6, 6.07) is 0. The van der Waals surface area contributed by atoms with Gasteiger partial charge in [-0.25, -0.2) is 0 Å². The highest BCUT2D eigenvalue weighted by Crippen LogP contribution is 2.80. The van der Waals surface area contributed by atoms with Gasteiger partial charge >= 0.3 is 0 Å². The molecule has 0 aromatic carbocycles. The van der Waals surface area contributed by atoms with Crippen LogP contribution in [0.3, 0.4) is 0 Å². The molecule has 5 rings (SSSR count). The Morgan fingerprint density at radius 2 is 1.75 bits per heavy atom. The van der Waals surface area contributed by atoms with Crippen LogP contribution in [0.1, 0.15) is 105 Å². The molecule has 0 aromatic heterocycles. The van der Waals surface area contributed by atoms with Gasteiger partial charge in [0.25, 0.3) is 0 Å². The Morgan fingerprint density at radius 1 is 0.964 bits per heavy atom. The average Bonchev–Trinajstić information content (AvgIpc) is 3.15. The summed E-state index contributed by atoms with van der Waals surface area (Å²) < 4.78 is 0. The molecule has 0 unspecified atom stereocenters. The zero-order chi connectivity index (χ0) is 19.9. The predicted octanol–water partition coefficient (Wildman–Crippen LogP) is 7.29. The van der Waals surface area contributed by atoms with Gasteiger partial charge in [-0.3, -0.25) is 4.79 Å². The van der Waals surface area contributed by atoms with Crippen LogP contribution in [0.2, 0.25) is 0 Å². The zero-order valence-electron chi connectivity index (χ0n) is 19.2. The van der Waals surface area contributed by atoms with Crippen molar-refractivity contribution in [1.29, 1.82) is 0 Å². The van der Waals surface area contributed by atoms with E-state index in [4.69, 9.17) is 0 Å². The van der Waals surface area contributed by atoms with Crippen molar-refractivity contribution in [1.82, 2.24) is 0 Å². The molecular formula is C27H44O. The first-order chi connectivity index (χ1) is 13.2. The van der Waals surface area contributed by atoms with Gasteiger partial charge in [-0.2, -0.15) is 0 Å². The Morgan fingerprint density at radius 3 is 2.46 bits per heavy atom. The maximum absolute atomic E-state index is 13.4. The molecule has 0 aliphatic heterocycles. The minimum absolute atomic E-state index is 0.157. The maximum Gasteiger partial charge on any atom is 0.140 e. The Hall–Kier alpha value is -0.330. The second-order valence-corrected chi connectivity index (χ2v) is 12.9. The summed E-state index contributed by atoms with van der Waals surface area (Å²) in [5.41, 5.74) is 1.03. The largest absolute Gasteiger partial charge is 0.299 e. The number of hydrogen-bond donors (Lipinski definition) is 0. The van der Waals surface area contributed by atoms with Crippen molar-refractivity contribution in [3.05, 3.63) is 0 Å². The van der Waals surface area contributed by atoms with Crippen molar-refractivity contribution in [3.8, 4) is 0 Å². The van der Waals surface area contributed by atoms with Crippen LogP contribution in [0, 0.1) is 57.7 Å². The van der Waals surface area contributed by atoms with E-state index < -0.39 is 0 Å². The molecule has 1 heteroatoms. The standard InChI is InChI=1S/C27H44O/c1-17(2)7-6-8-18(3)21-9-10-22-20-15-24(28)27-16-19(27)11-14-26(27,5)23(20)12-13-25(21,22)4/h17-23H,6-16H2,1-5H3/t18-,19+,20-,21+,22-,23-,25+,26+,27+/m0/s1. The first-order valence-corrected chi connectivity index (χ1v) is 12.8. The minimum Gasteiger partial charge on any atom is -0.299 e. The molecular weight excluding hydrogens is 340 g/mol. The predicted molar refractivity (Wildman–Crippen MR) is 116 cm³/mol. The van der Waals surface area contributed by atoms with Crippen LogP contribution in [0.5, 0.6) is 0 Å². The van der Waals surface area contributed by atoms with Crippen LogP contribution in [0.25, 0.3) is 0 Å². The summed E-state index contributed by atoms with van der Waals surface area (Å²) in [4.78, 5) is 13.4. The molecule has 5 aliphatic carbocycles. The quantitative estimate of drug-likeness (QED) is 0.486. The van der Waals surface area contributed by atoms with E-state index in [9.17, 15) is 4.79 Å². The summed E-state index contributed by atoms with van der Waals surface area (Å²) in [5.74, 6) is 6.49. The van der Waals surface area contributed by atoms with E-state index in [1.807, 2.05) is 0 Å². The van der Waals surface area contributed by atoms with Crippen LogP contribution >= 0.6 is 0 Å². The number of fused-ring (bicyclic) bond motifs is 4. The minimum atomic E-state index is 0.157. The molecule has 0 saturated heterocycles. The van der Waals surface area contributed by atoms with Crippen LogP contribution in [-0.2, 0) is 4.79 Å². The van der Waals surface area contributed by atoms with Crippen LogP contribution in [-0.4, -0.2) is 5.78 Å². The highest BCUT2D eigenvalue weighted by Gasteiger charge is 2.77. The smallest absolute Gasteiger partial charge is 0.140 e. The van der Waals surface area contributed by atoms with Crippen molar-refractivity contribution in [3.63, 3.8) is 0 Å². The Kier molecular flexibility index (Phi) is 4.44. The third-order valence-corrected chi connectivity index (χ3v) is 11.5. The van der Waals surface area contributed by atoms with Gasteiger partial charge in [0.05, 0.1) is 0 Å². The third-order valence-electron chi connectivity index (χ3n) is 11.5. The Balaban J connectivity index is 1.35.